The average Bonchev–Trinajstić information content (AvgIpc) is 3.14. The maximum atomic E-state index is 12.8. The zero-order valence-electron chi connectivity index (χ0n) is 30.8. The number of benzene rings is 4. The highest BCUT2D eigenvalue weighted by atomic mass is 16.8. The number of nitrogens with zero attached hydrogens (tertiary/aromatic N) is 1. The van der Waals surface area contributed by atoms with Crippen LogP contribution in [0.25, 0.3) is 0 Å². The van der Waals surface area contributed by atoms with Crippen LogP contribution in [0, 0.1) is 0 Å². The normalized spacial score (nSPS) is 17.7. The Morgan fingerprint density at radius 3 is 1.69 bits per heavy atom. The number of carbonyl (C=O) groups is 1. The molecule has 0 saturated carbocycles. The fourth-order valence-corrected chi connectivity index (χ4v) is 5.88. The van der Waals surface area contributed by atoms with Crippen LogP contribution in [0.4, 0.5) is 4.79 Å². The molecule has 4 aromatic carbocycles. The fraction of sp³-hybridized carbons (Fsp3) is 0.405. The zero-order chi connectivity index (χ0) is 36.8. The SMILES string of the molecule is COc1ccc(CO[C@H]2CN(OC(=O)OC(C)(C)C)C[C@@H](OCc3ccc(OC)cc3)C2c2ccc(OCCCOCc3ccccc3)cc2)cc1. The summed E-state index contributed by atoms with van der Waals surface area (Å²) in [5.41, 5.74) is 3.44. The van der Waals surface area contributed by atoms with Crippen LogP contribution in [0.1, 0.15) is 55.4 Å². The smallest absolute Gasteiger partial charge is 0.497 e. The van der Waals surface area contributed by atoms with Gasteiger partial charge in [0.1, 0.15) is 22.8 Å². The molecule has 0 amide bonds. The lowest BCUT2D eigenvalue weighted by Crippen LogP contribution is -2.53. The van der Waals surface area contributed by atoms with Crippen molar-refractivity contribution in [2.24, 2.45) is 0 Å². The lowest BCUT2D eigenvalue weighted by molar-refractivity contribution is -0.209. The number of methoxy groups -OCH3 is 2. The van der Waals surface area contributed by atoms with E-state index >= 15 is 0 Å². The molecule has 5 rings (SSSR count). The standard InChI is InChI=1S/C42H51NO9/c1-42(2,3)51-41(44)52-43-26-38(49-29-32-12-18-35(45-4)19-13-32)40(39(27-43)50-30-33-14-20-36(46-5)21-15-33)34-16-22-37(23-17-34)48-25-9-24-47-28-31-10-7-6-8-11-31/h6-8,10-23,38-40H,9,24-30H2,1-5H3/t38-,39+,40?. The van der Waals surface area contributed by atoms with Gasteiger partial charge in [-0.3, -0.25) is 0 Å². The minimum atomic E-state index is -0.777. The minimum Gasteiger partial charge on any atom is -0.497 e. The Hall–Kier alpha value is -4.61. The Balaban J connectivity index is 1.31. The zero-order valence-corrected chi connectivity index (χ0v) is 30.8. The topological polar surface area (TPSA) is 94.2 Å². The van der Waals surface area contributed by atoms with Gasteiger partial charge < -0.3 is 38.0 Å². The van der Waals surface area contributed by atoms with Crippen molar-refractivity contribution in [2.45, 2.75) is 70.7 Å². The highest BCUT2D eigenvalue weighted by Gasteiger charge is 2.41. The summed E-state index contributed by atoms with van der Waals surface area (Å²) in [6, 6.07) is 33.7. The van der Waals surface area contributed by atoms with Gasteiger partial charge in [0.05, 0.1) is 72.6 Å². The summed E-state index contributed by atoms with van der Waals surface area (Å²) in [6.45, 7) is 8.43. The number of carbonyl (C=O) groups excluding carboxylic acids is 1. The van der Waals surface area contributed by atoms with Gasteiger partial charge in [0, 0.05) is 12.3 Å². The molecule has 4 aromatic rings. The molecular formula is C42H51NO9. The van der Waals surface area contributed by atoms with Crippen molar-refractivity contribution in [1.82, 2.24) is 5.06 Å². The maximum absolute atomic E-state index is 12.8. The molecular weight excluding hydrogens is 662 g/mol. The third-order valence-electron chi connectivity index (χ3n) is 8.49. The number of hydrogen-bond donors (Lipinski definition) is 0. The molecule has 1 fully saturated rings. The second-order valence-corrected chi connectivity index (χ2v) is 13.6. The van der Waals surface area contributed by atoms with Gasteiger partial charge in [-0.2, -0.15) is 0 Å². The lowest BCUT2D eigenvalue weighted by atomic mass is 9.85. The van der Waals surface area contributed by atoms with E-state index in [0.29, 0.717) is 46.1 Å². The van der Waals surface area contributed by atoms with E-state index in [2.05, 4.69) is 24.3 Å². The summed E-state index contributed by atoms with van der Waals surface area (Å²) in [4.78, 5) is 18.5. The summed E-state index contributed by atoms with van der Waals surface area (Å²) >= 11 is 0. The van der Waals surface area contributed by atoms with Crippen LogP contribution in [0.5, 0.6) is 17.2 Å². The van der Waals surface area contributed by atoms with Gasteiger partial charge in [0.25, 0.3) is 0 Å². The van der Waals surface area contributed by atoms with Crippen LogP contribution < -0.4 is 14.2 Å². The Bertz CT molecular complexity index is 1560. The number of hydroxylamine groups is 2. The number of ether oxygens (including phenoxy) is 7. The summed E-state index contributed by atoms with van der Waals surface area (Å²) in [7, 11) is 3.28. The van der Waals surface area contributed by atoms with Gasteiger partial charge in [-0.1, -0.05) is 66.7 Å². The van der Waals surface area contributed by atoms with Gasteiger partial charge in [-0.05, 0) is 79.4 Å². The highest BCUT2D eigenvalue weighted by molar-refractivity contribution is 5.60. The first-order valence-electron chi connectivity index (χ1n) is 17.7. The molecule has 0 aromatic heterocycles. The second-order valence-electron chi connectivity index (χ2n) is 13.6. The first-order valence-corrected chi connectivity index (χ1v) is 17.7. The Kier molecular flexibility index (Phi) is 14.3. The Labute approximate surface area is 307 Å². The van der Waals surface area contributed by atoms with Gasteiger partial charge in [-0.25, -0.2) is 4.79 Å². The van der Waals surface area contributed by atoms with E-state index in [0.717, 1.165) is 45.9 Å². The van der Waals surface area contributed by atoms with Crippen molar-refractivity contribution in [3.63, 3.8) is 0 Å². The molecule has 0 bridgehead atoms. The van der Waals surface area contributed by atoms with Crippen LogP contribution >= 0.6 is 0 Å². The molecule has 1 unspecified atom stereocenters. The third-order valence-corrected chi connectivity index (χ3v) is 8.49. The van der Waals surface area contributed by atoms with Crippen molar-refractivity contribution in [1.29, 1.82) is 0 Å². The quantitative estimate of drug-likeness (QED) is 0.0789. The molecule has 278 valence electrons. The molecule has 10 heteroatoms. The Morgan fingerprint density at radius 2 is 1.17 bits per heavy atom. The van der Waals surface area contributed by atoms with Gasteiger partial charge in [0.2, 0.25) is 0 Å². The van der Waals surface area contributed by atoms with Crippen molar-refractivity contribution in [3.8, 4) is 17.2 Å². The monoisotopic (exact) mass is 713 g/mol. The van der Waals surface area contributed by atoms with E-state index in [4.69, 9.17) is 38.0 Å². The van der Waals surface area contributed by atoms with Crippen molar-refractivity contribution in [2.75, 3.05) is 40.5 Å². The Morgan fingerprint density at radius 1 is 0.654 bits per heavy atom. The molecule has 52 heavy (non-hydrogen) atoms. The van der Waals surface area contributed by atoms with Gasteiger partial charge >= 0.3 is 6.16 Å². The molecule has 1 saturated heterocycles. The fourth-order valence-electron chi connectivity index (χ4n) is 5.88. The molecule has 0 aliphatic carbocycles. The third kappa shape index (κ3) is 12.3. The van der Waals surface area contributed by atoms with E-state index in [-0.39, 0.29) is 5.92 Å². The van der Waals surface area contributed by atoms with Crippen molar-refractivity contribution in [3.05, 3.63) is 125 Å². The van der Waals surface area contributed by atoms with Crippen molar-refractivity contribution >= 4 is 6.16 Å². The van der Waals surface area contributed by atoms with Crippen LogP contribution in [0.3, 0.4) is 0 Å². The van der Waals surface area contributed by atoms with E-state index in [1.54, 1.807) is 40.1 Å². The predicted molar refractivity (Wildman–Crippen MR) is 197 cm³/mol. The molecule has 1 heterocycles. The first kappa shape index (κ1) is 38.6. The molecule has 0 N–H and O–H groups in total. The van der Waals surface area contributed by atoms with Crippen molar-refractivity contribution < 1.29 is 42.8 Å². The molecule has 1 aliphatic heterocycles. The molecule has 3 atom stereocenters. The van der Waals surface area contributed by atoms with E-state index in [1.807, 2.05) is 78.9 Å². The summed E-state index contributed by atoms with van der Waals surface area (Å²) in [5, 5.41) is 1.58. The number of piperidine rings is 1. The van der Waals surface area contributed by atoms with E-state index in [9.17, 15) is 4.79 Å². The van der Waals surface area contributed by atoms with Crippen LogP contribution in [0.2, 0.25) is 0 Å². The van der Waals surface area contributed by atoms with Crippen LogP contribution in [0.15, 0.2) is 103 Å². The number of rotatable bonds is 17. The summed E-state index contributed by atoms with van der Waals surface area (Å²) in [6.07, 6.45) is -0.825. The molecule has 10 nitrogen and oxygen atoms in total. The van der Waals surface area contributed by atoms with Crippen LogP contribution in [-0.2, 0) is 43.6 Å². The average molecular weight is 714 g/mol. The molecule has 0 spiro atoms. The number of hydrogen-bond acceptors (Lipinski definition) is 10. The predicted octanol–water partition coefficient (Wildman–Crippen LogP) is 8.13. The van der Waals surface area contributed by atoms with E-state index in [1.165, 1.54) is 0 Å². The van der Waals surface area contributed by atoms with Crippen LogP contribution in [-0.4, -0.2) is 69.6 Å². The first-order chi connectivity index (χ1) is 25.2. The molecule has 0 radical (unpaired) electrons. The highest BCUT2D eigenvalue weighted by Crippen LogP contribution is 2.35. The minimum absolute atomic E-state index is 0.199. The second kappa shape index (κ2) is 19.3. The summed E-state index contributed by atoms with van der Waals surface area (Å²) < 4.78 is 41.3. The van der Waals surface area contributed by atoms with Gasteiger partial charge in [0.15, 0.2) is 0 Å². The van der Waals surface area contributed by atoms with Gasteiger partial charge in [-0.15, -0.1) is 5.06 Å². The van der Waals surface area contributed by atoms with E-state index < -0.39 is 24.0 Å². The largest absolute Gasteiger partial charge is 0.528 e. The summed E-state index contributed by atoms with van der Waals surface area (Å²) in [5.74, 6) is 2.11. The molecule has 1 aliphatic rings. The lowest BCUT2D eigenvalue weighted by Gasteiger charge is -2.42. The maximum Gasteiger partial charge on any atom is 0.528 e.